The molecule has 2 N–H and O–H groups in total. The highest BCUT2D eigenvalue weighted by Gasteiger charge is 2.14. The summed E-state index contributed by atoms with van der Waals surface area (Å²) in [4.78, 5) is 17.1. The van der Waals surface area contributed by atoms with Crippen LogP contribution in [0.2, 0.25) is 5.02 Å². The number of nitrogens with one attached hydrogen (secondary N) is 2. The van der Waals surface area contributed by atoms with Crippen molar-refractivity contribution >= 4 is 51.6 Å². The van der Waals surface area contributed by atoms with Crippen LogP contribution in [0.5, 0.6) is 17.2 Å². The number of anilines is 1. The Labute approximate surface area is 212 Å². The molecule has 1 heterocycles. The van der Waals surface area contributed by atoms with Crippen LogP contribution in [0.15, 0.2) is 59.0 Å². The molecule has 3 aromatic carbocycles. The molecule has 0 aliphatic heterocycles. The number of carbonyl (C=O) groups excluding carboxylic acids is 1. The largest absolute Gasteiger partial charge is 0.493 e. The number of ether oxygens (including phenoxy) is 3. The van der Waals surface area contributed by atoms with Gasteiger partial charge in [0.15, 0.2) is 22.2 Å². The van der Waals surface area contributed by atoms with Gasteiger partial charge in [-0.15, -0.1) is 0 Å². The fourth-order valence-corrected chi connectivity index (χ4v) is 3.80. The molecule has 0 saturated carbocycles. The van der Waals surface area contributed by atoms with E-state index in [1.54, 1.807) is 56.7 Å². The molecule has 0 spiro atoms. The summed E-state index contributed by atoms with van der Waals surface area (Å²) in [6.07, 6.45) is 0. The number of halogens is 1. The van der Waals surface area contributed by atoms with Gasteiger partial charge in [-0.25, -0.2) is 4.98 Å². The minimum absolute atomic E-state index is 0.128. The number of methoxy groups -OCH3 is 2. The van der Waals surface area contributed by atoms with Gasteiger partial charge in [0, 0.05) is 16.8 Å². The summed E-state index contributed by atoms with van der Waals surface area (Å²) in [7, 11) is 3.14. The van der Waals surface area contributed by atoms with Crippen LogP contribution in [-0.2, 0) is 0 Å². The zero-order valence-electron chi connectivity index (χ0n) is 19.2. The van der Waals surface area contributed by atoms with Crippen molar-refractivity contribution < 1.29 is 23.4 Å². The molecule has 10 heteroatoms. The Hall–Kier alpha value is -3.82. The summed E-state index contributed by atoms with van der Waals surface area (Å²) in [6.45, 7) is 2.33. The number of fused-ring (bicyclic) bond motifs is 1. The summed E-state index contributed by atoms with van der Waals surface area (Å²) in [5.74, 6) is 1.73. The monoisotopic (exact) mass is 511 g/mol. The molecular formula is C25H22ClN3O5S. The molecule has 4 aromatic rings. The van der Waals surface area contributed by atoms with Gasteiger partial charge in [-0.1, -0.05) is 11.6 Å². The zero-order chi connectivity index (χ0) is 24.9. The summed E-state index contributed by atoms with van der Waals surface area (Å²) >= 11 is 11.5. The average molecular weight is 512 g/mol. The maximum Gasteiger partial charge on any atom is 0.257 e. The zero-order valence-corrected chi connectivity index (χ0v) is 20.8. The van der Waals surface area contributed by atoms with E-state index in [9.17, 15) is 4.79 Å². The Morgan fingerprint density at radius 2 is 1.80 bits per heavy atom. The SMILES string of the molecule is CCOc1ccc(C(=O)NC(=S)Nc2ccc3oc(-c4ccc(OC)c(OC)c4)nc3c2)cc1Cl. The highest BCUT2D eigenvalue weighted by Crippen LogP contribution is 2.33. The van der Waals surface area contributed by atoms with Gasteiger partial charge in [-0.3, -0.25) is 10.1 Å². The minimum Gasteiger partial charge on any atom is -0.493 e. The summed E-state index contributed by atoms with van der Waals surface area (Å²) in [6, 6.07) is 15.5. The predicted octanol–water partition coefficient (Wildman–Crippen LogP) is 5.69. The smallest absolute Gasteiger partial charge is 0.257 e. The van der Waals surface area contributed by atoms with E-state index in [1.807, 2.05) is 13.0 Å². The Morgan fingerprint density at radius 3 is 2.51 bits per heavy atom. The lowest BCUT2D eigenvalue weighted by atomic mass is 10.2. The van der Waals surface area contributed by atoms with Crippen molar-refractivity contribution in [1.82, 2.24) is 10.3 Å². The number of thiocarbonyl (C=S) groups is 1. The molecule has 0 aliphatic carbocycles. The van der Waals surface area contributed by atoms with Crippen molar-refractivity contribution in [2.45, 2.75) is 6.92 Å². The van der Waals surface area contributed by atoms with Crippen molar-refractivity contribution in [2.24, 2.45) is 0 Å². The Morgan fingerprint density at radius 1 is 1.03 bits per heavy atom. The lowest BCUT2D eigenvalue weighted by molar-refractivity contribution is 0.0977. The molecule has 0 radical (unpaired) electrons. The third-order valence-electron chi connectivity index (χ3n) is 5.00. The molecule has 35 heavy (non-hydrogen) atoms. The Balaban J connectivity index is 1.46. The van der Waals surface area contributed by atoms with Gasteiger partial charge >= 0.3 is 0 Å². The highest BCUT2D eigenvalue weighted by molar-refractivity contribution is 7.80. The van der Waals surface area contributed by atoms with E-state index in [-0.39, 0.29) is 5.11 Å². The predicted molar refractivity (Wildman–Crippen MR) is 139 cm³/mol. The number of amides is 1. The van der Waals surface area contributed by atoms with E-state index < -0.39 is 5.91 Å². The van der Waals surface area contributed by atoms with E-state index >= 15 is 0 Å². The lowest BCUT2D eigenvalue weighted by Crippen LogP contribution is -2.34. The number of oxazole rings is 1. The third-order valence-corrected chi connectivity index (χ3v) is 5.50. The van der Waals surface area contributed by atoms with Gasteiger partial charge in [0.2, 0.25) is 5.89 Å². The minimum atomic E-state index is -0.397. The molecule has 0 bridgehead atoms. The number of aromatic nitrogens is 1. The van der Waals surface area contributed by atoms with Gasteiger partial charge in [-0.2, -0.15) is 0 Å². The van der Waals surface area contributed by atoms with Gasteiger partial charge in [-0.05, 0) is 73.7 Å². The second-order valence-electron chi connectivity index (χ2n) is 7.26. The Kier molecular flexibility index (Phi) is 7.38. The van der Waals surface area contributed by atoms with Crippen LogP contribution in [0.4, 0.5) is 5.69 Å². The first-order chi connectivity index (χ1) is 16.9. The van der Waals surface area contributed by atoms with E-state index in [0.717, 1.165) is 5.56 Å². The number of nitrogens with zero attached hydrogens (tertiary/aromatic N) is 1. The van der Waals surface area contributed by atoms with Crippen LogP contribution in [0.1, 0.15) is 17.3 Å². The fraction of sp³-hybridized carbons (Fsp3) is 0.160. The Bertz CT molecular complexity index is 1410. The molecule has 0 fully saturated rings. The van der Waals surface area contributed by atoms with Crippen LogP contribution >= 0.6 is 23.8 Å². The number of benzene rings is 3. The van der Waals surface area contributed by atoms with Gasteiger partial charge in [0.25, 0.3) is 5.91 Å². The van der Waals surface area contributed by atoms with Crippen molar-refractivity contribution in [2.75, 3.05) is 26.1 Å². The second-order valence-corrected chi connectivity index (χ2v) is 8.07. The van der Waals surface area contributed by atoms with Crippen molar-refractivity contribution in [3.8, 4) is 28.7 Å². The molecule has 180 valence electrons. The van der Waals surface area contributed by atoms with Gasteiger partial charge in [0.05, 0.1) is 25.8 Å². The van der Waals surface area contributed by atoms with Crippen molar-refractivity contribution in [1.29, 1.82) is 0 Å². The van der Waals surface area contributed by atoms with Gasteiger partial charge in [0.1, 0.15) is 11.3 Å². The van der Waals surface area contributed by atoms with Crippen LogP contribution in [0, 0.1) is 0 Å². The molecule has 1 aromatic heterocycles. The first-order valence-corrected chi connectivity index (χ1v) is 11.4. The lowest BCUT2D eigenvalue weighted by Gasteiger charge is -2.11. The van der Waals surface area contributed by atoms with Crippen LogP contribution in [0.3, 0.4) is 0 Å². The normalized spacial score (nSPS) is 10.6. The molecule has 0 aliphatic rings. The molecule has 0 atom stereocenters. The fourth-order valence-electron chi connectivity index (χ4n) is 3.35. The van der Waals surface area contributed by atoms with E-state index in [2.05, 4.69) is 15.6 Å². The third kappa shape index (κ3) is 5.47. The van der Waals surface area contributed by atoms with E-state index in [4.69, 9.17) is 42.4 Å². The number of hydrogen-bond donors (Lipinski definition) is 2. The average Bonchev–Trinajstić information content (AvgIpc) is 3.28. The molecule has 1 amide bonds. The maximum atomic E-state index is 12.6. The van der Waals surface area contributed by atoms with E-state index in [0.29, 0.717) is 57.1 Å². The van der Waals surface area contributed by atoms with Crippen molar-refractivity contribution in [3.05, 3.63) is 65.2 Å². The maximum absolute atomic E-state index is 12.6. The molecule has 0 unspecified atom stereocenters. The number of rotatable bonds is 7. The first kappa shape index (κ1) is 24.3. The molecule has 8 nitrogen and oxygen atoms in total. The molecule has 0 saturated heterocycles. The highest BCUT2D eigenvalue weighted by atomic mass is 35.5. The molecular weight excluding hydrogens is 490 g/mol. The summed E-state index contributed by atoms with van der Waals surface area (Å²) in [5, 5.41) is 6.10. The number of hydrogen-bond acceptors (Lipinski definition) is 7. The first-order valence-electron chi connectivity index (χ1n) is 10.6. The quantitative estimate of drug-likeness (QED) is 0.305. The summed E-state index contributed by atoms with van der Waals surface area (Å²) < 4.78 is 21.9. The molecule has 4 rings (SSSR count). The second kappa shape index (κ2) is 10.6. The summed E-state index contributed by atoms with van der Waals surface area (Å²) in [5.41, 5.74) is 2.95. The van der Waals surface area contributed by atoms with Crippen LogP contribution < -0.4 is 24.8 Å². The van der Waals surface area contributed by atoms with Crippen LogP contribution in [0.25, 0.3) is 22.6 Å². The standard InChI is InChI=1S/C25H22ClN3O5S/c1-4-33-19-8-5-14(11-17(19)26)23(30)29-25(35)27-16-7-10-20-18(13-16)28-24(34-20)15-6-9-21(31-2)22(12-15)32-3/h5-13H,4H2,1-3H3,(H2,27,29,30,35). The van der Waals surface area contributed by atoms with E-state index in [1.165, 1.54) is 6.07 Å². The van der Waals surface area contributed by atoms with Crippen LogP contribution in [-0.4, -0.2) is 36.8 Å². The van der Waals surface area contributed by atoms with Gasteiger partial charge < -0.3 is 23.9 Å². The number of carbonyl (C=O) groups is 1. The van der Waals surface area contributed by atoms with Crippen molar-refractivity contribution in [3.63, 3.8) is 0 Å². The topological polar surface area (TPSA) is 94.9 Å².